The summed E-state index contributed by atoms with van der Waals surface area (Å²) in [5.41, 5.74) is 8.04. The molecule has 2 atom stereocenters. The van der Waals surface area contributed by atoms with E-state index < -0.39 is 0 Å². The molecule has 2 unspecified atom stereocenters. The maximum atomic E-state index is 10.2. The van der Waals surface area contributed by atoms with E-state index in [9.17, 15) is 5.11 Å². The van der Waals surface area contributed by atoms with E-state index in [-0.39, 0.29) is 5.75 Å². The van der Waals surface area contributed by atoms with Crippen LogP contribution in [0.1, 0.15) is 23.6 Å². The number of halogens is 1. The van der Waals surface area contributed by atoms with Gasteiger partial charge < -0.3 is 15.6 Å². The maximum Gasteiger partial charge on any atom is 0.172 e. The molecule has 1 aromatic carbocycles. The van der Waals surface area contributed by atoms with E-state index in [4.69, 9.17) is 10.5 Å². The second-order valence-corrected chi connectivity index (χ2v) is 6.06. The number of aromatic hydroxyl groups is 1. The molecule has 106 valence electrons. The average molecular weight is 329 g/mol. The van der Waals surface area contributed by atoms with Gasteiger partial charge in [-0.2, -0.15) is 0 Å². The molecule has 0 spiro atoms. The summed E-state index contributed by atoms with van der Waals surface area (Å²) in [5.74, 6) is 1.20. The van der Waals surface area contributed by atoms with Crippen LogP contribution in [0.5, 0.6) is 11.5 Å². The number of ether oxygens (including phenoxy) is 1. The topological polar surface area (TPSA) is 58.7 Å². The fraction of sp³-hybridized carbons (Fsp3) is 0.571. The highest BCUT2D eigenvalue weighted by Crippen LogP contribution is 2.45. The number of nitrogens with two attached hydrogens (primary N) is 1. The highest BCUT2D eigenvalue weighted by atomic mass is 79.9. The van der Waals surface area contributed by atoms with Crippen LogP contribution < -0.4 is 10.5 Å². The van der Waals surface area contributed by atoms with Gasteiger partial charge in [0, 0.05) is 12.6 Å². The number of nitrogens with zero attached hydrogens (tertiary/aromatic N) is 1. The van der Waals surface area contributed by atoms with E-state index in [1.54, 1.807) is 7.11 Å². The molecule has 0 bridgehead atoms. The zero-order chi connectivity index (χ0) is 14.2. The Morgan fingerprint density at radius 2 is 2.26 bits per heavy atom. The van der Waals surface area contributed by atoms with Gasteiger partial charge in [0.1, 0.15) is 0 Å². The predicted octanol–water partition coefficient (Wildman–Crippen LogP) is 2.42. The van der Waals surface area contributed by atoms with Gasteiger partial charge in [-0.1, -0.05) is 0 Å². The lowest BCUT2D eigenvalue weighted by Crippen LogP contribution is -2.21. The van der Waals surface area contributed by atoms with Crippen molar-refractivity contribution in [2.45, 2.75) is 19.4 Å². The fourth-order valence-corrected chi connectivity index (χ4v) is 3.70. The van der Waals surface area contributed by atoms with E-state index in [0.717, 1.165) is 28.6 Å². The molecular weight excluding hydrogens is 308 g/mol. The highest BCUT2D eigenvalue weighted by molar-refractivity contribution is 9.10. The summed E-state index contributed by atoms with van der Waals surface area (Å²) in [7, 11) is 3.67. The van der Waals surface area contributed by atoms with Crippen LogP contribution in [0.4, 0.5) is 0 Å². The van der Waals surface area contributed by atoms with Gasteiger partial charge in [0.2, 0.25) is 0 Å². The van der Waals surface area contributed by atoms with Crippen molar-refractivity contribution in [2.24, 2.45) is 11.7 Å². The minimum atomic E-state index is 0.174. The predicted molar refractivity (Wildman–Crippen MR) is 79.6 cm³/mol. The van der Waals surface area contributed by atoms with Gasteiger partial charge in [0.25, 0.3) is 0 Å². The SMILES string of the molecule is COc1cc(C)c(C2CC(CN)CN2C)c(Br)c1O. The number of likely N-dealkylation sites (tertiary alicyclic amines) is 1. The van der Waals surface area contributed by atoms with Gasteiger partial charge in [-0.15, -0.1) is 0 Å². The molecule has 1 fully saturated rings. The maximum absolute atomic E-state index is 10.2. The van der Waals surface area contributed by atoms with Gasteiger partial charge in [0.15, 0.2) is 11.5 Å². The van der Waals surface area contributed by atoms with Crippen molar-refractivity contribution in [1.29, 1.82) is 0 Å². The summed E-state index contributed by atoms with van der Waals surface area (Å²) in [6, 6.07) is 2.18. The second-order valence-electron chi connectivity index (χ2n) is 5.26. The summed E-state index contributed by atoms with van der Waals surface area (Å²) in [5, 5.41) is 10.2. The van der Waals surface area contributed by atoms with Crippen molar-refractivity contribution in [2.75, 3.05) is 27.2 Å². The van der Waals surface area contributed by atoms with Gasteiger partial charge >= 0.3 is 0 Å². The standard InChI is InChI=1S/C14H21BrN2O2/c1-8-4-11(19-3)14(18)13(15)12(8)10-5-9(6-16)7-17(10)2/h4,9-10,18H,5-7,16H2,1-3H3. The molecule has 0 aliphatic carbocycles. The minimum Gasteiger partial charge on any atom is -0.503 e. The number of benzene rings is 1. The molecule has 0 radical (unpaired) electrons. The van der Waals surface area contributed by atoms with Crippen molar-refractivity contribution in [3.05, 3.63) is 21.7 Å². The molecule has 0 aromatic heterocycles. The largest absolute Gasteiger partial charge is 0.503 e. The Bertz CT molecular complexity index is 479. The molecule has 0 saturated carbocycles. The minimum absolute atomic E-state index is 0.174. The quantitative estimate of drug-likeness (QED) is 0.894. The monoisotopic (exact) mass is 328 g/mol. The number of rotatable bonds is 3. The molecule has 1 aliphatic rings. The van der Waals surface area contributed by atoms with Gasteiger partial charge in [-0.05, 0) is 66.0 Å². The first-order chi connectivity index (χ1) is 8.99. The Morgan fingerprint density at radius 3 is 2.79 bits per heavy atom. The molecule has 0 amide bonds. The van der Waals surface area contributed by atoms with Crippen LogP contribution in [0, 0.1) is 12.8 Å². The van der Waals surface area contributed by atoms with Crippen molar-refractivity contribution in [3.63, 3.8) is 0 Å². The lowest BCUT2D eigenvalue weighted by Gasteiger charge is -2.24. The Labute approximate surface area is 122 Å². The lowest BCUT2D eigenvalue weighted by atomic mass is 9.95. The summed E-state index contributed by atoms with van der Waals surface area (Å²) >= 11 is 3.51. The van der Waals surface area contributed by atoms with Gasteiger partial charge in [-0.25, -0.2) is 0 Å². The van der Waals surface area contributed by atoms with Crippen LogP contribution in [0.25, 0.3) is 0 Å². The number of hydrogen-bond acceptors (Lipinski definition) is 4. The third kappa shape index (κ3) is 2.59. The van der Waals surface area contributed by atoms with Crippen LogP contribution in [0.2, 0.25) is 0 Å². The third-order valence-electron chi connectivity index (χ3n) is 3.97. The Hall–Kier alpha value is -0.780. The van der Waals surface area contributed by atoms with Crippen LogP contribution >= 0.6 is 15.9 Å². The van der Waals surface area contributed by atoms with E-state index in [0.29, 0.717) is 24.3 Å². The van der Waals surface area contributed by atoms with Crippen LogP contribution in [-0.4, -0.2) is 37.3 Å². The highest BCUT2D eigenvalue weighted by Gasteiger charge is 2.33. The smallest absolute Gasteiger partial charge is 0.172 e. The van der Waals surface area contributed by atoms with Crippen molar-refractivity contribution in [1.82, 2.24) is 4.90 Å². The first-order valence-corrected chi connectivity index (χ1v) is 7.25. The Morgan fingerprint density at radius 1 is 1.58 bits per heavy atom. The van der Waals surface area contributed by atoms with Crippen LogP contribution in [0.3, 0.4) is 0 Å². The fourth-order valence-electron chi connectivity index (χ4n) is 2.93. The van der Waals surface area contributed by atoms with Crippen molar-refractivity contribution in [3.8, 4) is 11.5 Å². The van der Waals surface area contributed by atoms with Gasteiger partial charge in [-0.3, -0.25) is 4.90 Å². The molecule has 1 saturated heterocycles. The summed E-state index contributed by atoms with van der Waals surface area (Å²) < 4.78 is 5.91. The molecule has 2 rings (SSSR count). The molecule has 1 aliphatic heterocycles. The van der Waals surface area contributed by atoms with Crippen molar-refractivity contribution >= 4 is 15.9 Å². The summed E-state index contributed by atoms with van der Waals surface area (Å²) in [4.78, 5) is 2.30. The van der Waals surface area contributed by atoms with Crippen LogP contribution in [0.15, 0.2) is 10.5 Å². The van der Waals surface area contributed by atoms with E-state index in [2.05, 4.69) is 27.9 Å². The van der Waals surface area contributed by atoms with E-state index in [1.807, 2.05) is 13.0 Å². The Balaban J connectivity index is 2.43. The molecule has 1 heterocycles. The third-order valence-corrected chi connectivity index (χ3v) is 4.77. The number of aryl methyl sites for hydroxylation is 1. The van der Waals surface area contributed by atoms with Crippen LogP contribution in [-0.2, 0) is 0 Å². The number of phenolic OH excluding ortho intramolecular Hbond substituents is 1. The van der Waals surface area contributed by atoms with E-state index >= 15 is 0 Å². The molecule has 3 N–H and O–H groups in total. The Kier molecular flexibility index (Phi) is 4.38. The molecule has 5 heteroatoms. The van der Waals surface area contributed by atoms with E-state index in [1.165, 1.54) is 0 Å². The summed E-state index contributed by atoms with van der Waals surface area (Å²) in [6.45, 7) is 3.76. The van der Waals surface area contributed by atoms with Gasteiger partial charge in [0.05, 0.1) is 11.6 Å². The number of phenols is 1. The molecular formula is C14H21BrN2O2. The first kappa shape index (κ1) is 14.6. The second kappa shape index (κ2) is 5.69. The molecule has 4 nitrogen and oxygen atoms in total. The molecule has 19 heavy (non-hydrogen) atoms. The number of hydrogen-bond donors (Lipinski definition) is 2. The lowest BCUT2D eigenvalue weighted by molar-refractivity contribution is 0.309. The van der Waals surface area contributed by atoms with Crippen molar-refractivity contribution < 1.29 is 9.84 Å². The number of methoxy groups -OCH3 is 1. The first-order valence-electron chi connectivity index (χ1n) is 6.45. The zero-order valence-electron chi connectivity index (χ0n) is 11.6. The molecule has 1 aromatic rings. The average Bonchev–Trinajstić information content (AvgIpc) is 2.75. The zero-order valence-corrected chi connectivity index (χ0v) is 13.2. The normalized spacial score (nSPS) is 23.8. The summed E-state index contributed by atoms with van der Waals surface area (Å²) in [6.07, 6.45) is 1.03.